The van der Waals surface area contributed by atoms with Gasteiger partial charge in [0.15, 0.2) is 0 Å². The van der Waals surface area contributed by atoms with Crippen molar-refractivity contribution in [1.82, 2.24) is 13.8 Å². The Morgan fingerprint density at radius 3 is 2.10 bits per heavy atom. The van der Waals surface area contributed by atoms with Crippen molar-refractivity contribution in [2.45, 2.75) is 4.90 Å². The molecule has 0 N–H and O–H groups in total. The first-order valence-corrected chi connectivity index (χ1v) is 10.7. The van der Waals surface area contributed by atoms with Crippen LogP contribution in [0.2, 0.25) is 0 Å². The third-order valence-electron chi connectivity index (χ3n) is 4.99. The van der Waals surface area contributed by atoms with Crippen LogP contribution in [0.1, 0.15) is 10.4 Å². The second-order valence-electron chi connectivity index (χ2n) is 6.76. The third-order valence-corrected chi connectivity index (χ3v) is 6.91. The molecule has 0 radical (unpaired) electrons. The molecule has 1 aliphatic rings. The molecule has 1 aromatic heterocycles. The van der Waals surface area contributed by atoms with E-state index >= 15 is 0 Å². The average Bonchev–Trinajstić information content (AvgIpc) is 3.28. The summed E-state index contributed by atoms with van der Waals surface area (Å²) < 4.78 is 41.8. The predicted molar refractivity (Wildman–Crippen MR) is 107 cm³/mol. The minimum absolute atomic E-state index is 0.0524. The number of rotatable bonds is 4. The Kier molecular flexibility index (Phi) is 5.21. The number of carbonyl (C=O) groups is 1. The summed E-state index contributed by atoms with van der Waals surface area (Å²) >= 11 is 0. The van der Waals surface area contributed by atoms with E-state index in [1.54, 1.807) is 11.0 Å². The lowest BCUT2D eigenvalue weighted by Crippen LogP contribution is -2.50. The van der Waals surface area contributed by atoms with Crippen LogP contribution in [0, 0.1) is 5.82 Å². The number of halogens is 1. The Labute approximate surface area is 168 Å². The number of amides is 1. The van der Waals surface area contributed by atoms with Crippen LogP contribution in [0.3, 0.4) is 0 Å². The van der Waals surface area contributed by atoms with Crippen molar-refractivity contribution in [3.05, 3.63) is 84.4 Å². The van der Waals surface area contributed by atoms with E-state index in [0.717, 1.165) is 17.8 Å². The molecule has 0 spiro atoms. The summed E-state index contributed by atoms with van der Waals surface area (Å²) in [6, 6.07) is 15.9. The van der Waals surface area contributed by atoms with E-state index in [9.17, 15) is 17.6 Å². The third kappa shape index (κ3) is 3.81. The molecule has 3 aromatic rings. The number of carbonyl (C=O) groups excluding carboxylic acids is 1. The van der Waals surface area contributed by atoms with Gasteiger partial charge in [0.05, 0.1) is 16.1 Å². The maximum atomic E-state index is 13.1. The lowest BCUT2D eigenvalue weighted by atomic mass is 10.1. The van der Waals surface area contributed by atoms with E-state index in [1.165, 1.54) is 16.4 Å². The molecule has 4 rings (SSSR count). The van der Waals surface area contributed by atoms with E-state index in [0.29, 0.717) is 18.7 Å². The normalized spacial score (nSPS) is 15.4. The molecule has 1 saturated heterocycles. The van der Waals surface area contributed by atoms with Gasteiger partial charge in [0.1, 0.15) is 5.82 Å². The van der Waals surface area contributed by atoms with Gasteiger partial charge in [-0.1, -0.05) is 12.1 Å². The summed E-state index contributed by atoms with van der Waals surface area (Å²) in [6.45, 7) is 0.965. The molecule has 6 nitrogen and oxygen atoms in total. The van der Waals surface area contributed by atoms with Gasteiger partial charge in [0, 0.05) is 38.6 Å². The van der Waals surface area contributed by atoms with Crippen LogP contribution in [0.25, 0.3) is 5.69 Å². The summed E-state index contributed by atoms with van der Waals surface area (Å²) in [5.74, 6) is -0.617. The van der Waals surface area contributed by atoms with Crippen molar-refractivity contribution >= 4 is 15.9 Å². The van der Waals surface area contributed by atoms with Crippen LogP contribution >= 0.6 is 0 Å². The maximum Gasteiger partial charge on any atom is 0.256 e. The topological polar surface area (TPSA) is 62.6 Å². The molecule has 0 saturated carbocycles. The minimum atomic E-state index is -3.71. The number of para-hydroxylation sites is 1. The molecule has 1 aliphatic heterocycles. The van der Waals surface area contributed by atoms with E-state index in [-0.39, 0.29) is 23.9 Å². The largest absolute Gasteiger partial charge is 0.336 e. The van der Waals surface area contributed by atoms with Crippen molar-refractivity contribution in [2.24, 2.45) is 0 Å². The summed E-state index contributed by atoms with van der Waals surface area (Å²) in [5.41, 5.74) is 1.35. The highest BCUT2D eigenvalue weighted by Gasteiger charge is 2.31. The first kappa shape index (κ1) is 19.4. The zero-order valence-corrected chi connectivity index (χ0v) is 16.4. The SMILES string of the molecule is O=C(c1ccccc1-n1cccc1)N1CCN(S(=O)(=O)c2ccc(F)cc2)CC1. The monoisotopic (exact) mass is 413 g/mol. The molecule has 0 aliphatic carbocycles. The van der Waals surface area contributed by atoms with Crippen LogP contribution in [0.15, 0.2) is 78.0 Å². The first-order chi connectivity index (χ1) is 14.0. The number of hydrogen-bond donors (Lipinski definition) is 0. The van der Waals surface area contributed by atoms with E-state index in [2.05, 4.69) is 0 Å². The van der Waals surface area contributed by atoms with Gasteiger partial charge in [-0.15, -0.1) is 0 Å². The standard InChI is InChI=1S/C21H20FN3O3S/c22-17-7-9-18(10-8-17)29(27,28)25-15-13-24(14-16-25)21(26)19-5-1-2-6-20(19)23-11-3-4-12-23/h1-12H,13-16H2. The molecule has 0 unspecified atom stereocenters. The zero-order chi connectivity index (χ0) is 20.4. The molecular formula is C21H20FN3O3S. The van der Waals surface area contributed by atoms with Gasteiger partial charge in [0.2, 0.25) is 10.0 Å². The van der Waals surface area contributed by atoms with Gasteiger partial charge in [-0.2, -0.15) is 4.31 Å². The van der Waals surface area contributed by atoms with Crippen LogP contribution in [0.4, 0.5) is 4.39 Å². The highest BCUT2D eigenvalue weighted by Crippen LogP contribution is 2.21. The summed E-state index contributed by atoms with van der Waals surface area (Å²) in [4.78, 5) is 14.8. The zero-order valence-electron chi connectivity index (χ0n) is 15.6. The van der Waals surface area contributed by atoms with Crippen molar-refractivity contribution < 1.29 is 17.6 Å². The molecule has 0 bridgehead atoms. The molecule has 2 aromatic carbocycles. The van der Waals surface area contributed by atoms with Crippen LogP contribution in [-0.4, -0.2) is 54.3 Å². The fraction of sp³-hybridized carbons (Fsp3) is 0.190. The number of hydrogen-bond acceptors (Lipinski definition) is 3. The Bertz CT molecular complexity index is 1100. The highest BCUT2D eigenvalue weighted by atomic mass is 32.2. The lowest BCUT2D eigenvalue weighted by molar-refractivity contribution is 0.0698. The smallest absolute Gasteiger partial charge is 0.256 e. The van der Waals surface area contributed by atoms with E-state index in [1.807, 2.05) is 47.3 Å². The molecule has 2 heterocycles. The Morgan fingerprint density at radius 2 is 1.45 bits per heavy atom. The van der Waals surface area contributed by atoms with Crippen LogP contribution in [0.5, 0.6) is 0 Å². The number of sulfonamides is 1. The van der Waals surface area contributed by atoms with Gasteiger partial charge in [0.25, 0.3) is 5.91 Å². The maximum absolute atomic E-state index is 13.1. The molecular weight excluding hydrogens is 393 g/mol. The Morgan fingerprint density at radius 1 is 0.828 bits per heavy atom. The van der Waals surface area contributed by atoms with Crippen molar-refractivity contribution in [2.75, 3.05) is 26.2 Å². The number of benzene rings is 2. The van der Waals surface area contributed by atoms with Gasteiger partial charge in [-0.25, -0.2) is 12.8 Å². The fourth-order valence-electron chi connectivity index (χ4n) is 3.43. The molecule has 1 fully saturated rings. The lowest BCUT2D eigenvalue weighted by Gasteiger charge is -2.34. The molecule has 8 heteroatoms. The van der Waals surface area contributed by atoms with Crippen molar-refractivity contribution in [1.29, 1.82) is 0 Å². The number of aromatic nitrogens is 1. The van der Waals surface area contributed by atoms with Gasteiger partial charge >= 0.3 is 0 Å². The molecule has 0 atom stereocenters. The van der Waals surface area contributed by atoms with Crippen LogP contribution in [-0.2, 0) is 10.0 Å². The first-order valence-electron chi connectivity index (χ1n) is 9.24. The number of nitrogens with zero attached hydrogens (tertiary/aromatic N) is 3. The molecule has 29 heavy (non-hydrogen) atoms. The fourth-order valence-corrected chi connectivity index (χ4v) is 4.85. The van der Waals surface area contributed by atoms with Crippen LogP contribution < -0.4 is 0 Å². The van der Waals surface area contributed by atoms with Crippen molar-refractivity contribution in [3.63, 3.8) is 0 Å². The quantitative estimate of drug-likeness (QED) is 0.661. The molecule has 150 valence electrons. The summed E-state index contributed by atoms with van der Waals surface area (Å²) in [5, 5.41) is 0. The van der Waals surface area contributed by atoms with Gasteiger partial charge in [-0.3, -0.25) is 4.79 Å². The Hall–Kier alpha value is -2.97. The van der Waals surface area contributed by atoms with E-state index < -0.39 is 15.8 Å². The molecule has 1 amide bonds. The second-order valence-corrected chi connectivity index (χ2v) is 8.70. The summed E-state index contributed by atoms with van der Waals surface area (Å²) in [6.07, 6.45) is 3.75. The summed E-state index contributed by atoms with van der Waals surface area (Å²) in [7, 11) is -3.71. The van der Waals surface area contributed by atoms with Gasteiger partial charge < -0.3 is 9.47 Å². The van der Waals surface area contributed by atoms with Crippen molar-refractivity contribution in [3.8, 4) is 5.69 Å². The minimum Gasteiger partial charge on any atom is -0.336 e. The van der Waals surface area contributed by atoms with Gasteiger partial charge in [-0.05, 0) is 48.5 Å². The Balaban J connectivity index is 1.49. The highest BCUT2D eigenvalue weighted by molar-refractivity contribution is 7.89. The second kappa shape index (κ2) is 7.81. The number of piperazine rings is 1. The predicted octanol–water partition coefficient (Wildman–Crippen LogP) is 2.76. The average molecular weight is 413 g/mol. The van der Waals surface area contributed by atoms with E-state index in [4.69, 9.17) is 0 Å².